The maximum absolute atomic E-state index is 12.9. The zero-order valence-electron chi connectivity index (χ0n) is 20.5. The maximum Gasteiger partial charge on any atom is 0.435 e. The Hall–Kier alpha value is -3.05. The highest BCUT2D eigenvalue weighted by molar-refractivity contribution is 5.68. The van der Waals surface area contributed by atoms with Gasteiger partial charge in [0.25, 0.3) is 0 Å². The van der Waals surface area contributed by atoms with Crippen LogP contribution in [0, 0.1) is 5.92 Å². The van der Waals surface area contributed by atoms with E-state index < -0.39 is 30.7 Å². The highest BCUT2D eigenvalue weighted by Gasteiger charge is 2.34. The Bertz CT molecular complexity index is 1060. The number of benzene rings is 1. The van der Waals surface area contributed by atoms with Crippen molar-refractivity contribution in [3.8, 4) is 5.75 Å². The van der Waals surface area contributed by atoms with E-state index in [2.05, 4.69) is 15.2 Å². The lowest BCUT2D eigenvalue weighted by Crippen LogP contribution is -2.43. The van der Waals surface area contributed by atoms with Crippen LogP contribution in [0.15, 0.2) is 30.5 Å². The minimum atomic E-state index is -4.54. The monoisotopic (exact) mass is 530 g/mol. The fourth-order valence-electron chi connectivity index (χ4n) is 5.18. The highest BCUT2D eigenvalue weighted by atomic mass is 19.4. The summed E-state index contributed by atoms with van der Waals surface area (Å²) < 4.78 is 75.1. The lowest BCUT2D eigenvalue weighted by Gasteiger charge is -2.26. The van der Waals surface area contributed by atoms with Gasteiger partial charge < -0.3 is 19.7 Å². The van der Waals surface area contributed by atoms with Crippen LogP contribution in [0.4, 0.5) is 32.4 Å². The largest absolute Gasteiger partial charge is 0.444 e. The number of fused-ring (bicyclic) bond motifs is 1. The minimum Gasteiger partial charge on any atom is -0.444 e. The summed E-state index contributed by atoms with van der Waals surface area (Å²) in [5.41, 5.74) is 0.799. The summed E-state index contributed by atoms with van der Waals surface area (Å²) in [6.07, 6.45) is 0.873. The van der Waals surface area contributed by atoms with Gasteiger partial charge in [-0.1, -0.05) is 25.7 Å². The molecule has 1 aliphatic carbocycles. The Balaban J connectivity index is 1.33. The molecule has 0 unspecified atom stereocenters. The summed E-state index contributed by atoms with van der Waals surface area (Å²) in [6, 6.07) is 5.42. The fourth-order valence-corrected chi connectivity index (χ4v) is 5.18. The summed E-state index contributed by atoms with van der Waals surface area (Å²) >= 11 is 0. The SMILES string of the molecule is C[C@@H](CN1CCc2cc(OC(F)F)ccc21)NC(=O)O[C@@H](CC1CCCC1)Cn1ccc(C(F)(F)F)n1. The Kier molecular flexibility index (Phi) is 8.43. The van der Waals surface area contributed by atoms with Crippen molar-refractivity contribution in [1.82, 2.24) is 15.1 Å². The van der Waals surface area contributed by atoms with Crippen molar-refractivity contribution >= 4 is 11.8 Å². The van der Waals surface area contributed by atoms with Crippen LogP contribution >= 0.6 is 0 Å². The van der Waals surface area contributed by atoms with Crippen molar-refractivity contribution in [2.24, 2.45) is 5.92 Å². The van der Waals surface area contributed by atoms with Crippen molar-refractivity contribution in [3.63, 3.8) is 0 Å². The van der Waals surface area contributed by atoms with Gasteiger partial charge in [-0.3, -0.25) is 4.68 Å². The maximum atomic E-state index is 12.9. The van der Waals surface area contributed by atoms with Crippen LogP contribution in [0.25, 0.3) is 0 Å². The van der Waals surface area contributed by atoms with Gasteiger partial charge in [0.15, 0.2) is 5.69 Å². The molecule has 1 amide bonds. The number of aromatic nitrogens is 2. The summed E-state index contributed by atoms with van der Waals surface area (Å²) in [7, 11) is 0. The molecular formula is C25H31F5N4O3. The Morgan fingerprint density at radius 1 is 1.19 bits per heavy atom. The molecule has 1 fully saturated rings. The van der Waals surface area contributed by atoms with Crippen molar-refractivity contribution in [2.45, 2.75) is 76.9 Å². The molecule has 4 rings (SSSR count). The van der Waals surface area contributed by atoms with Gasteiger partial charge in [-0.25, -0.2) is 4.79 Å². The number of carbonyl (C=O) groups is 1. The number of alkyl carbamates (subject to hydrolysis) is 1. The van der Waals surface area contributed by atoms with Crippen molar-refractivity contribution in [2.75, 3.05) is 18.0 Å². The van der Waals surface area contributed by atoms with E-state index >= 15 is 0 Å². The molecule has 0 saturated heterocycles. The standard InChI is InChI=1S/C25H31F5N4O3/c1-16(14-33-10-8-18-13-19(36-23(26)27)6-7-21(18)33)31-24(35)37-20(12-17-4-2-3-5-17)15-34-11-9-22(32-34)25(28,29)30/h6-7,9,11,13,16-17,20,23H,2-5,8,10,12,14-15H2,1H3,(H,31,35)/t16-,20-/m0/s1. The third kappa shape index (κ3) is 7.48. The molecule has 2 atom stereocenters. The van der Waals surface area contributed by atoms with Gasteiger partial charge in [-0.2, -0.15) is 27.1 Å². The molecule has 0 spiro atoms. The molecule has 2 aromatic rings. The van der Waals surface area contributed by atoms with E-state index in [1.54, 1.807) is 12.1 Å². The number of halogens is 5. The first-order valence-electron chi connectivity index (χ1n) is 12.5. The van der Waals surface area contributed by atoms with Gasteiger partial charge in [0.2, 0.25) is 0 Å². The lowest BCUT2D eigenvalue weighted by atomic mass is 10.00. The number of carbonyl (C=O) groups excluding carboxylic acids is 1. The van der Waals surface area contributed by atoms with Crippen molar-refractivity contribution < 1.29 is 36.2 Å². The number of ether oxygens (including phenoxy) is 2. The number of alkyl halides is 5. The molecule has 0 radical (unpaired) electrons. The van der Waals surface area contributed by atoms with E-state index in [0.717, 1.165) is 43.0 Å². The number of hydrogen-bond acceptors (Lipinski definition) is 5. The molecule has 12 heteroatoms. The Labute approximate surface area is 211 Å². The topological polar surface area (TPSA) is 68.6 Å². The van der Waals surface area contributed by atoms with E-state index in [9.17, 15) is 26.7 Å². The molecule has 1 aromatic carbocycles. The van der Waals surface area contributed by atoms with Crippen LogP contribution in [-0.2, 0) is 23.9 Å². The number of nitrogens with zero attached hydrogens (tertiary/aromatic N) is 3. The summed E-state index contributed by atoms with van der Waals surface area (Å²) in [6.45, 7) is 0.112. The molecule has 2 heterocycles. The van der Waals surface area contributed by atoms with Crippen molar-refractivity contribution in [1.29, 1.82) is 0 Å². The molecule has 1 N–H and O–H groups in total. The van der Waals surface area contributed by atoms with E-state index in [4.69, 9.17) is 4.74 Å². The molecule has 204 valence electrons. The van der Waals surface area contributed by atoms with E-state index in [1.807, 2.05) is 11.8 Å². The second-order valence-corrected chi connectivity index (χ2v) is 9.74. The average molecular weight is 531 g/mol. The van der Waals surface area contributed by atoms with E-state index in [0.29, 0.717) is 31.8 Å². The predicted molar refractivity (Wildman–Crippen MR) is 126 cm³/mol. The van der Waals surface area contributed by atoms with E-state index in [1.165, 1.54) is 16.9 Å². The summed E-state index contributed by atoms with van der Waals surface area (Å²) in [5.74, 6) is 0.464. The predicted octanol–water partition coefficient (Wildman–Crippen LogP) is 5.63. The number of hydrogen-bond donors (Lipinski definition) is 1. The first-order chi connectivity index (χ1) is 17.6. The Morgan fingerprint density at radius 3 is 2.62 bits per heavy atom. The van der Waals surface area contributed by atoms with Gasteiger partial charge in [0.1, 0.15) is 11.9 Å². The van der Waals surface area contributed by atoms with Gasteiger partial charge in [-0.15, -0.1) is 0 Å². The summed E-state index contributed by atoms with van der Waals surface area (Å²) in [5, 5.41) is 6.41. The van der Waals surface area contributed by atoms with Crippen molar-refractivity contribution in [3.05, 3.63) is 41.7 Å². The molecular weight excluding hydrogens is 499 g/mol. The fraction of sp³-hybridized carbons (Fsp3) is 0.600. The van der Waals surface area contributed by atoms with Gasteiger partial charge in [0.05, 0.1) is 6.54 Å². The number of rotatable bonds is 10. The highest BCUT2D eigenvalue weighted by Crippen LogP contribution is 2.33. The molecule has 1 aromatic heterocycles. The van der Waals surface area contributed by atoms with Crippen LogP contribution in [0.1, 0.15) is 50.3 Å². The molecule has 2 aliphatic rings. The molecule has 37 heavy (non-hydrogen) atoms. The van der Waals surface area contributed by atoms with Crippen LogP contribution < -0.4 is 15.0 Å². The third-order valence-electron chi connectivity index (χ3n) is 6.79. The second-order valence-electron chi connectivity index (χ2n) is 9.74. The average Bonchev–Trinajstić information content (AvgIpc) is 3.55. The van der Waals surface area contributed by atoms with Crippen LogP contribution in [-0.4, -0.2) is 47.7 Å². The normalized spacial score (nSPS) is 17.6. The zero-order chi connectivity index (χ0) is 26.6. The quantitative estimate of drug-likeness (QED) is 0.404. The zero-order valence-corrected chi connectivity index (χ0v) is 20.5. The Morgan fingerprint density at radius 2 is 1.95 bits per heavy atom. The van der Waals surface area contributed by atoms with Gasteiger partial charge in [-0.05, 0) is 55.5 Å². The molecule has 1 saturated carbocycles. The van der Waals surface area contributed by atoms with Crippen LogP contribution in [0.2, 0.25) is 0 Å². The first kappa shape index (κ1) is 27.0. The number of anilines is 1. The smallest absolute Gasteiger partial charge is 0.435 e. The molecule has 0 bridgehead atoms. The van der Waals surface area contributed by atoms with Crippen LogP contribution in [0.3, 0.4) is 0 Å². The number of amides is 1. The molecule has 7 nitrogen and oxygen atoms in total. The third-order valence-corrected chi connectivity index (χ3v) is 6.79. The number of nitrogens with one attached hydrogen (secondary N) is 1. The lowest BCUT2D eigenvalue weighted by molar-refractivity contribution is -0.141. The second kappa shape index (κ2) is 11.6. The molecule has 1 aliphatic heterocycles. The van der Waals surface area contributed by atoms with Crippen LogP contribution in [0.5, 0.6) is 5.75 Å². The van der Waals surface area contributed by atoms with E-state index in [-0.39, 0.29) is 18.3 Å². The summed E-state index contributed by atoms with van der Waals surface area (Å²) in [4.78, 5) is 14.8. The first-order valence-corrected chi connectivity index (χ1v) is 12.5. The minimum absolute atomic E-state index is 0.0386. The van der Waals surface area contributed by atoms with Gasteiger partial charge in [0, 0.05) is 31.0 Å². The van der Waals surface area contributed by atoms with Gasteiger partial charge >= 0.3 is 18.9 Å².